The number of hydrogen-bond acceptors (Lipinski definition) is 4. The van der Waals surface area contributed by atoms with E-state index in [-0.39, 0.29) is 26.4 Å². The van der Waals surface area contributed by atoms with E-state index in [9.17, 15) is 10.2 Å². The number of aliphatic hydroxyl groups is 2. The molecule has 0 fully saturated rings. The number of aliphatic hydroxyl groups excluding tert-OH is 2. The fourth-order valence-electron chi connectivity index (χ4n) is 6.78. The highest BCUT2D eigenvalue weighted by Gasteiger charge is 2.20. The third-order valence-electron chi connectivity index (χ3n) is 9.08. The van der Waals surface area contributed by atoms with Crippen molar-refractivity contribution >= 4 is 43.1 Å². The molecular formula is C44H34O4. The molecule has 234 valence electrons. The lowest BCUT2D eigenvalue weighted by Gasteiger charge is -2.20. The molecule has 2 N–H and O–H groups in total. The molecule has 0 aromatic heterocycles. The molecule has 0 atom stereocenters. The normalized spacial score (nSPS) is 11.5. The van der Waals surface area contributed by atoms with Crippen LogP contribution in [0.5, 0.6) is 11.5 Å². The molecular weight excluding hydrogens is 592 g/mol. The second-order valence-corrected chi connectivity index (χ2v) is 12.0. The van der Waals surface area contributed by atoms with Crippen LogP contribution in [0.3, 0.4) is 0 Å². The first-order valence-electron chi connectivity index (χ1n) is 16.3. The second kappa shape index (κ2) is 12.8. The Kier molecular flexibility index (Phi) is 7.95. The number of fused-ring (bicyclic) bond motifs is 4. The minimum Gasteiger partial charge on any atom is -0.491 e. The van der Waals surface area contributed by atoms with Crippen molar-refractivity contribution in [2.24, 2.45) is 0 Å². The van der Waals surface area contributed by atoms with Crippen LogP contribution in [0, 0.1) is 0 Å². The maximum absolute atomic E-state index is 9.71. The van der Waals surface area contributed by atoms with Crippen LogP contribution in [0.25, 0.3) is 76.5 Å². The molecule has 0 spiro atoms. The highest BCUT2D eigenvalue weighted by atomic mass is 16.5. The highest BCUT2D eigenvalue weighted by Crippen LogP contribution is 2.47. The molecule has 0 amide bonds. The first-order valence-corrected chi connectivity index (χ1v) is 16.3. The lowest BCUT2D eigenvalue weighted by Crippen LogP contribution is -2.05. The second-order valence-electron chi connectivity index (χ2n) is 12.0. The van der Waals surface area contributed by atoms with Crippen LogP contribution >= 0.6 is 0 Å². The molecule has 0 unspecified atom stereocenters. The van der Waals surface area contributed by atoms with Gasteiger partial charge in [0.2, 0.25) is 0 Å². The van der Waals surface area contributed by atoms with E-state index in [1.807, 2.05) is 12.1 Å². The van der Waals surface area contributed by atoms with Crippen LogP contribution < -0.4 is 9.47 Å². The Labute approximate surface area is 279 Å². The molecule has 0 heterocycles. The number of rotatable bonds is 9. The molecule has 0 radical (unpaired) electrons. The molecule has 48 heavy (non-hydrogen) atoms. The van der Waals surface area contributed by atoms with Gasteiger partial charge in [0, 0.05) is 11.1 Å². The first kappa shape index (κ1) is 29.7. The molecule has 0 aliphatic rings. The van der Waals surface area contributed by atoms with Crippen molar-refractivity contribution in [3.63, 3.8) is 0 Å². The van der Waals surface area contributed by atoms with Gasteiger partial charge < -0.3 is 19.7 Å². The average molecular weight is 627 g/mol. The predicted molar refractivity (Wildman–Crippen MR) is 198 cm³/mol. The Bertz CT molecular complexity index is 2270. The summed E-state index contributed by atoms with van der Waals surface area (Å²) < 4.78 is 12.4. The molecule has 8 aromatic carbocycles. The van der Waals surface area contributed by atoms with E-state index >= 15 is 0 Å². The molecule has 0 aliphatic carbocycles. The van der Waals surface area contributed by atoms with E-state index < -0.39 is 0 Å². The Morgan fingerprint density at radius 3 is 1.12 bits per heavy atom. The smallest absolute Gasteiger partial charge is 0.128 e. The van der Waals surface area contributed by atoms with Gasteiger partial charge in [-0.05, 0) is 102 Å². The standard InChI is InChI=1S/C44H34O4/c45-21-23-47-41-19-15-37-27-35(33-11-9-29-5-1-3-7-31(29)25-33)13-17-39(37)43(41)44-40-18-14-36(28-38(40)16-20-42(44)48-24-22-46)34-12-10-30-6-2-4-8-32(30)26-34/h1-20,25-28,45-46H,21-24H2. The summed E-state index contributed by atoms with van der Waals surface area (Å²) in [6.07, 6.45) is 0. The van der Waals surface area contributed by atoms with Gasteiger partial charge in [-0.1, -0.05) is 109 Å². The number of ether oxygens (including phenoxy) is 2. The lowest BCUT2D eigenvalue weighted by atomic mass is 9.89. The van der Waals surface area contributed by atoms with Gasteiger partial charge in [0.25, 0.3) is 0 Å². The van der Waals surface area contributed by atoms with Gasteiger partial charge >= 0.3 is 0 Å². The highest BCUT2D eigenvalue weighted by molar-refractivity contribution is 6.11. The Balaban J connectivity index is 1.32. The van der Waals surface area contributed by atoms with Gasteiger partial charge in [-0.3, -0.25) is 0 Å². The van der Waals surface area contributed by atoms with E-state index in [0.29, 0.717) is 11.5 Å². The van der Waals surface area contributed by atoms with Crippen LogP contribution in [0.2, 0.25) is 0 Å². The van der Waals surface area contributed by atoms with E-state index in [1.54, 1.807) is 0 Å². The number of hydrogen-bond donors (Lipinski definition) is 2. The third kappa shape index (κ3) is 5.51. The zero-order chi connectivity index (χ0) is 32.5. The minimum absolute atomic E-state index is 0.100. The van der Waals surface area contributed by atoms with Gasteiger partial charge in [-0.2, -0.15) is 0 Å². The molecule has 0 bridgehead atoms. The molecule has 4 heteroatoms. The third-order valence-corrected chi connectivity index (χ3v) is 9.08. The maximum atomic E-state index is 9.71. The largest absolute Gasteiger partial charge is 0.491 e. The molecule has 0 saturated heterocycles. The van der Waals surface area contributed by atoms with E-state index in [2.05, 4.69) is 133 Å². The van der Waals surface area contributed by atoms with Crippen LogP contribution in [-0.4, -0.2) is 36.6 Å². The van der Waals surface area contributed by atoms with E-state index in [0.717, 1.165) is 54.9 Å². The van der Waals surface area contributed by atoms with Crippen LogP contribution in [0.15, 0.2) is 146 Å². The summed E-state index contributed by atoms with van der Waals surface area (Å²) in [7, 11) is 0. The Hall–Kier alpha value is -5.68. The van der Waals surface area contributed by atoms with Crippen molar-refractivity contribution in [2.75, 3.05) is 26.4 Å². The van der Waals surface area contributed by atoms with Crippen LogP contribution in [0.4, 0.5) is 0 Å². The maximum Gasteiger partial charge on any atom is 0.128 e. The fourth-order valence-corrected chi connectivity index (χ4v) is 6.78. The summed E-state index contributed by atoms with van der Waals surface area (Å²) >= 11 is 0. The van der Waals surface area contributed by atoms with Crippen LogP contribution in [-0.2, 0) is 0 Å². The lowest BCUT2D eigenvalue weighted by molar-refractivity contribution is 0.200. The SMILES string of the molecule is OCCOc1ccc2cc(-c3ccc4ccccc4c3)ccc2c1-c1c(OCCO)ccc2cc(-c3ccc4ccccc4c3)ccc12. The quantitative estimate of drug-likeness (QED) is 0.167. The summed E-state index contributed by atoms with van der Waals surface area (Å²) in [4.78, 5) is 0. The fraction of sp³-hybridized carbons (Fsp3) is 0.0909. The average Bonchev–Trinajstić information content (AvgIpc) is 3.15. The van der Waals surface area contributed by atoms with Crippen molar-refractivity contribution in [1.29, 1.82) is 0 Å². The topological polar surface area (TPSA) is 58.9 Å². The summed E-state index contributed by atoms with van der Waals surface area (Å²) in [5, 5.41) is 28.4. The van der Waals surface area contributed by atoms with E-state index in [1.165, 1.54) is 21.5 Å². The first-order chi connectivity index (χ1) is 23.7. The molecule has 0 saturated carbocycles. The van der Waals surface area contributed by atoms with Crippen molar-refractivity contribution in [2.45, 2.75) is 0 Å². The monoisotopic (exact) mass is 626 g/mol. The minimum atomic E-state index is -0.100. The van der Waals surface area contributed by atoms with Crippen molar-refractivity contribution in [3.05, 3.63) is 146 Å². The zero-order valence-corrected chi connectivity index (χ0v) is 26.4. The van der Waals surface area contributed by atoms with Crippen molar-refractivity contribution < 1.29 is 19.7 Å². The Morgan fingerprint density at radius 2 is 0.708 bits per heavy atom. The molecule has 4 nitrogen and oxygen atoms in total. The van der Waals surface area contributed by atoms with Gasteiger partial charge in [-0.15, -0.1) is 0 Å². The zero-order valence-electron chi connectivity index (χ0n) is 26.4. The Morgan fingerprint density at radius 1 is 0.354 bits per heavy atom. The van der Waals surface area contributed by atoms with Crippen molar-refractivity contribution in [1.82, 2.24) is 0 Å². The van der Waals surface area contributed by atoms with Crippen molar-refractivity contribution in [3.8, 4) is 44.9 Å². The summed E-state index contributed by atoms with van der Waals surface area (Å²) in [5.74, 6) is 1.32. The van der Waals surface area contributed by atoms with Gasteiger partial charge in [0.1, 0.15) is 24.7 Å². The predicted octanol–water partition coefficient (Wildman–Crippen LogP) is 10.0. The summed E-state index contributed by atoms with van der Waals surface area (Å²) in [6, 6.07) is 51.1. The number of benzene rings is 8. The van der Waals surface area contributed by atoms with Crippen LogP contribution in [0.1, 0.15) is 0 Å². The van der Waals surface area contributed by atoms with Gasteiger partial charge in [-0.25, -0.2) is 0 Å². The molecule has 8 rings (SSSR count). The molecule has 8 aromatic rings. The van der Waals surface area contributed by atoms with E-state index in [4.69, 9.17) is 9.47 Å². The molecule has 0 aliphatic heterocycles. The summed E-state index contributed by atoms with van der Waals surface area (Å²) in [5.41, 5.74) is 6.33. The van der Waals surface area contributed by atoms with Gasteiger partial charge in [0.15, 0.2) is 0 Å². The summed E-state index contributed by atoms with van der Waals surface area (Å²) in [6.45, 7) is 0.128. The van der Waals surface area contributed by atoms with Gasteiger partial charge in [0.05, 0.1) is 13.2 Å².